The van der Waals surface area contributed by atoms with Crippen molar-refractivity contribution >= 4 is 0 Å². The highest BCUT2D eigenvalue weighted by Gasteiger charge is 2.07. The monoisotopic (exact) mass is 152 g/mol. The van der Waals surface area contributed by atoms with Crippen LogP contribution in [0.2, 0.25) is 0 Å². The molecule has 0 bridgehead atoms. The predicted octanol–water partition coefficient (Wildman–Crippen LogP) is 2.27. The summed E-state index contributed by atoms with van der Waals surface area (Å²) >= 11 is 0. The maximum atomic E-state index is 3.86. The van der Waals surface area contributed by atoms with Crippen LogP contribution in [-0.2, 0) is 0 Å². The summed E-state index contributed by atoms with van der Waals surface area (Å²) in [7, 11) is 0. The molecule has 1 atom stereocenters. The molecule has 0 spiro atoms. The van der Waals surface area contributed by atoms with Crippen LogP contribution in [0.3, 0.4) is 0 Å². The molecule has 1 heteroatoms. The SMILES string of the molecule is [CH2]CC(C)N(CC=C)CC=C. The Morgan fingerprint density at radius 2 is 1.73 bits per heavy atom. The Bertz CT molecular complexity index is 108. The molecule has 0 aliphatic carbocycles. The molecule has 0 fully saturated rings. The highest BCUT2D eigenvalue weighted by atomic mass is 15.1. The standard InChI is InChI=1S/C10H18N/c1-5-8-11(9-6-2)10(4)7-3/h5-6,10H,1-3,7-9H2,4H3. The van der Waals surface area contributed by atoms with Crippen molar-refractivity contribution in [2.75, 3.05) is 13.1 Å². The van der Waals surface area contributed by atoms with Gasteiger partial charge in [-0.25, -0.2) is 0 Å². The van der Waals surface area contributed by atoms with E-state index in [4.69, 9.17) is 0 Å². The van der Waals surface area contributed by atoms with Crippen LogP contribution in [0.15, 0.2) is 25.3 Å². The van der Waals surface area contributed by atoms with E-state index in [0.717, 1.165) is 19.5 Å². The van der Waals surface area contributed by atoms with Gasteiger partial charge in [-0.3, -0.25) is 4.90 Å². The molecule has 0 rings (SSSR count). The van der Waals surface area contributed by atoms with Crippen molar-refractivity contribution in [3.05, 3.63) is 32.2 Å². The molecular formula is C10H18N. The molecule has 0 saturated heterocycles. The summed E-state index contributed by atoms with van der Waals surface area (Å²) in [4.78, 5) is 2.28. The Balaban J connectivity index is 3.84. The quantitative estimate of drug-likeness (QED) is 0.528. The Hall–Kier alpha value is -0.560. The van der Waals surface area contributed by atoms with Crippen molar-refractivity contribution < 1.29 is 0 Å². The highest BCUT2D eigenvalue weighted by molar-refractivity contribution is 4.83. The molecule has 1 unspecified atom stereocenters. The van der Waals surface area contributed by atoms with Gasteiger partial charge in [-0.1, -0.05) is 19.1 Å². The van der Waals surface area contributed by atoms with Crippen molar-refractivity contribution in [3.8, 4) is 0 Å². The molecule has 63 valence electrons. The fraction of sp³-hybridized carbons (Fsp3) is 0.500. The second-order valence-corrected chi connectivity index (χ2v) is 2.67. The van der Waals surface area contributed by atoms with E-state index >= 15 is 0 Å². The Morgan fingerprint density at radius 1 is 1.27 bits per heavy atom. The first kappa shape index (κ1) is 10.4. The van der Waals surface area contributed by atoms with Crippen LogP contribution in [-0.4, -0.2) is 24.0 Å². The van der Waals surface area contributed by atoms with Crippen molar-refractivity contribution in [1.29, 1.82) is 0 Å². The average molecular weight is 152 g/mol. The minimum atomic E-state index is 0.519. The molecule has 0 saturated carbocycles. The van der Waals surface area contributed by atoms with Gasteiger partial charge >= 0.3 is 0 Å². The molecule has 0 aromatic rings. The van der Waals surface area contributed by atoms with E-state index in [0.29, 0.717) is 6.04 Å². The zero-order valence-corrected chi connectivity index (χ0v) is 7.42. The van der Waals surface area contributed by atoms with Gasteiger partial charge < -0.3 is 0 Å². The summed E-state index contributed by atoms with van der Waals surface area (Å²) in [6.45, 7) is 15.3. The van der Waals surface area contributed by atoms with Gasteiger partial charge in [-0.05, 0) is 13.3 Å². The van der Waals surface area contributed by atoms with E-state index in [9.17, 15) is 0 Å². The first-order valence-corrected chi connectivity index (χ1v) is 4.01. The van der Waals surface area contributed by atoms with Crippen LogP contribution in [0.5, 0.6) is 0 Å². The van der Waals surface area contributed by atoms with Gasteiger partial charge in [-0.15, -0.1) is 13.2 Å². The molecule has 0 N–H and O–H groups in total. The van der Waals surface area contributed by atoms with Crippen molar-refractivity contribution in [1.82, 2.24) is 4.90 Å². The maximum Gasteiger partial charge on any atom is 0.0166 e. The normalized spacial score (nSPS) is 13.0. The topological polar surface area (TPSA) is 3.24 Å². The van der Waals surface area contributed by atoms with Crippen LogP contribution in [0.1, 0.15) is 13.3 Å². The first-order valence-electron chi connectivity index (χ1n) is 4.01. The first-order chi connectivity index (χ1) is 5.26. The molecule has 0 amide bonds. The lowest BCUT2D eigenvalue weighted by molar-refractivity contribution is 0.257. The minimum Gasteiger partial charge on any atom is -0.293 e. The van der Waals surface area contributed by atoms with Gasteiger partial charge in [0, 0.05) is 19.1 Å². The Kier molecular flexibility index (Phi) is 5.86. The molecule has 1 radical (unpaired) electrons. The molecular weight excluding hydrogens is 134 g/mol. The summed E-state index contributed by atoms with van der Waals surface area (Å²) in [6.07, 6.45) is 4.76. The van der Waals surface area contributed by atoms with Gasteiger partial charge in [0.15, 0.2) is 0 Å². The van der Waals surface area contributed by atoms with Crippen molar-refractivity contribution in [3.63, 3.8) is 0 Å². The van der Waals surface area contributed by atoms with E-state index in [1.807, 2.05) is 12.2 Å². The van der Waals surface area contributed by atoms with Crippen LogP contribution in [0.25, 0.3) is 0 Å². The molecule has 1 nitrogen and oxygen atoms in total. The lowest BCUT2D eigenvalue weighted by atomic mass is 10.2. The Labute approximate surface area is 70.4 Å². The third-order valence-electron chi connectivity index (χ3n) is 1.77. The van der Waals surface area contributed by atoms with E-state index in [2.05, 4.69) is 31.9 Å². The summed E-state index contributed by atoms with van der Waals surface area (Å²) in [5.41, 5.74) is 0. The molecule has 0 aromatic carbocycles. The number of nitrogens with zero attached hydrogens (tertiary/aromatic N) is 1. The second kappa shape index (κ2) is 6.17. The van der Waals surface area contributed by atoms with Gasteiger partial charge in [0.1, 0.15) is 0 Å². The Morgan fingerprint density at radius 3 is 2.00 bits per heavy atom. The second-order valence-electron chi connectivity index (χ2n) is 2.67. The average Bonchev–Trinajstić information content (AvgIpc) is 2.03. The van der Waals surface area contributed by atoms with Gasteiger partial charge in [-0.2, -0.15) is 0 Å². The largest absolute Gasteiger partial charge is 0.293 e. The summed E-state index contributed by atoms with van der Waals surface area (Å²) in [5.74, 6) is 0. The molecule has 0 heterocycles. The highest BCUT2D eigenvalue weighted by Crippen LogP contribution is 2.02. The van der Waals surface area contributed by atoms with E-state index in [1.165, 1.54) is 0 Å². The van der Waals surface area contributed by atoms with Crippen LogP contribution < -0.4 is 0 Å². The minimum absolute atomic E-state index is 0.519. The smallest absolute Gasteiger partial charge is 0.0166 e. The molecule has 0 aromatic heterocycles. The summed E-state index contributed by atoms with van der Waals surface area (Å²) in [5, 5.41) is 0. The number of hydrogen-bond acceptors (Lipinski definition) is 1. The van der Waals surface area contributed by atoms with Gasteiger partial charge in [0.2, 0.25) is 0 Å². The van der Waals surface area contributed by atoms with Gasteiger partial charge in [0.05, 0.1) is 0 Å². The van der Waals surface area contributed by atoms with E-state index in [-0.39, 0.29) is 0 Å². The van der Waals surface area contributed by atoms with Crippen LogP contribution in [0.4, 0.5) is 0 Å². The maximum absolute atomic E-state index is 3.86. The zero-order valence-electron chi connectivity index (χ0n) is 7.42. The van der Waals surface area contributed by atoms with Crippen LogP contribution >= 0.6 is 0 Å². The molecule has 0 aliphatic heterocycles. The lowest BCUT2D eigenvalue weighted by Crippen LogP contribution is -2.32. The fourth-order valence-electron chi connectivity index (χ4n) is 0.949. The molecule has 0 aliphatic rings. The summed E-state index contributed by atoms with van der Waals surface area (Å²) < 4.78 is 0. The third-order valence-corrected chi connectivity index (χ3v) is 1.77. The lowest BCUT2D eigenvalue weighted by Gasteiger charge is -2.25. The van der Waals surface area contributed by atoms with Crippen LogP contribution in [0, 0.1) is 6.92 Å². The third kappa shape index (κ3) is 3.99. The fourth-order valence-corrected chi connectivity index (χ4v) is 0.949. The zero-order chi connectivity index (χ0) is 8.69. The van der Waals surface area contributed by atoms with Crippen molar-refractivity contribution in [2.24, 2.45) is 0 Å². The number of hydrogen-bond donors (Lipinski definition) is 0. The van der Waals surface area contributed by atoms with E-state index in [1.54, 1.807) is 0 Å². The number of rotatable bonds is 6. The summed E-state index contributed by atoms with van der Waals surface area (Å²) in [6, 6.07) is 0.519. The van der Waals surface area contributed by atoms with Gasteiger partial charge in [0.25, 0.3) is 0 Å². The van der Waals surface area contributed by atoms with E-state index < -0.39 is 0 Å². The predicted molar refractivity (Wildman–Crippen MR) is 51.4 cm³/mol. The molecule has 11 heavy (non-hydrogen) atoms. The van der Waals surface area contributed by atoms with Crippen molar-refractivity contribution in [2.45, 2.75) is 19.4 Å².